The van der Waals surface area contributed by atoms with Crippen molar-refractivity contribution in [3.63, 3.8) is 0 Å². The van der Waals surface area contributed by atoms with Gasteiger partial charge in [-0.1, -0.05) is 30.3 Å². The zero-order chi connectivity index (χ0) is 15.9. The van der Waals surface area contributed by atoms with Crippen LogP contribution in [0.5, 0.6) is 5.75 Å². The molecule has 0 fully saturated rings. The summed E-state index contributed by atoms with van der Waals surface area (Å²) in [5.74, 6) is 0.0187. The second kappa shape index (κ2) is 7.80. The molecule has 0 amide bonds. The van der Waals surface area contributed by atoms with Crippen molar-refractivity contribution in [2.75, 3.05) is 27.2 Å². The van der Waals surface area contributed by atoms with Crippen LogP contribution >= 0.6 is 0 Å². The van der Waals surface area contributed by atoms with Crippen molar-refractivity contribution in [2.24, 2.45) is 0 Å². The summed E-state index contributed by atoms with van der Waals surface area (Å²) in [6.45, 7) is 1.61. The molecule has 0 radical (unpaired) electrons. The first-order chi connectivity index (χ1) is 10.6. The summed E-state index contributed by atoms with van der Waals surface area (Å²) in [4.78, 5) is 13.0. The molecule has 0 spiro atoms. The molecular weight excluding hydrogens is 278 g/mol. The first kappa shape index (κ1) is 16.3. The van der Waals surface area contributed by atoms with E-state index in [0.717, 1.165) is 35.1 Å². The van der Waals surface area contributed by atoms with E-state index in [0.29, 0.717) is 13.0 Å². The van der Waals surface area contributed by atoms with Gasteiger partial charge in [0, 0.05) is 18.5 Å². The predicted molar refractivity (Wildman–Crippen MR) is 88.6 cm³/mol. The zero-order valence-electron chi connectivity index (χ0n) is 13.2. The Morgan fingerprint density at radius 1 is 1.18 bits per heavy atom. The van der Waals surface area contributed by atoms with Crippen molar-refractivity contribution in [3.05, 3.63) is 42.0 Å². The molecule has 2 aromatic rings. The highest BCUT2D eigenvalue weighted by molar-refractivity contribution is 5.88. The minimum atomic E-state index is -0.786. The molecular formula is C18H23NO3. The van der Waals surface area contributed by atoms with E-state index in [1.54, 1.807) is 0 Å². The molecule has 118 valence electrons. The number of carboxylic acid groups (broad SMARTS) is 1. The summed E-state index contributed by atoms with van der Waals surface area (Å²) in [5, 5.41) is 11.2. The van der Waals surface area contributed by atoms with E-state index in [2.05, 4.69) is 4.90 Å². The first-order valence-electron chi connectivity index (χ1n) is 7.58. The molecule has 0 saturated carbocycles. The largest absolute Gasteiger partial charge is 0.493 e. The number of carbonyl (C=O) groups is 1. The van der Waals surface area contributed by atoms with Crippen LogP contribution < -0.4 is 4.74 Å². The molecule has 0 aliphatic carbocycles. The molecule has 0 bridgehead atoms. The fourth-order valence-electron chi connectivity index (χ4n) is 2.50. The summed E-state index contributed by atoms with van der Waals surface area (Å²) >= 11 is 0. The van der Waals surface area contributed by atoms with Crippen LogP contribution in [0, 0.1) is 0 Å². The third-order valence-electron chi connectivity index (χ3n) is 3.59. The van der Waals surface area contributed by atoms with E-state index in [1.807, 2.05) is 50.5 Å². The van der Waals surface area contributed by atoms with Gasteiger partial charge >= 0.3 is 5.97 Å². The number of rotatable bonds is 8. The molecule has 0 saturated heterocycles. The van der Waals surface area contributed by atoms with E-state index in [-0.39, 0.29) is 6.42 Å². The fourth-order valence-corrected chi connectivity index (χ4v) is 2.50. The summed E-state index contributed by atoms with van der Waals surface area (Å²) in [6.07, 6.45) is 1.54. The van der Waals surface area contributed by atoms with Gasteiger partial charge in [0.1, 0.15) is 5.75 Å². The van der Waals surface area contributed by atoms with E-state index in [1.165, 1.54) is 0 Å². The predicted octanol–water partition coefficient (Wildman–Crippen LogP) is 3.19. The minimum absolute atomic E-state index is 0.113. The lowest BCUT2D eigenvalue weighted by Crippen LogP contribution is -2.15. The third kappa shape index (κ3) is 4.46. The monoisotopic (exact) mass is 301 g/mol. The Labute approximate surface area is 131 Å². The number of aliphatic carboxylic acids is 1. The number of ether oxygens (including phenoxy) is 1. The maximum absolute atomic E-state index is 10.9. The van der Waals surface area contributed by atoms with Crippen LogP contribution in [0.25, 0.3) is 10.8 Å². The van der Waals surface area contributed by atoms with Gasteiger partial charge in [-0.15, -0.1) is 0 Å². The van der Waals surface area contributed by atoms with E-state index >= 15 is 0 Å². The lowest BCUT2D eigenvalue weighted by Gasteiger charge is -2.15. The summed E-state index contributed by atoms with van der Waals surface area (Å²) in [6, 6.07) is 12.0. The van der Waals surface area contributed by atoms with Crippen molar-refractivity contribution >= 4 is 16.7 Å². The number of hydrogen-bond donors (Lipinski definition) is 1. The van der Waals surface area contributed by atoms with Crippen LogP contribution in [0.1, 0.15) is 18.4 Å². The van der Waals surface area contributed by atoms with Gasteiger partial charge in [0.2, 0.25) is 0 Å². The topological polar surface area (TPSA) is 49.8 Å². The van der Waals surface area contributed by atoms with Crippen LogP contribution in [0.15, 0.2) is 36.4 Å². The molecule has 1 N–H and O–H groups in total. The lowest BCUT2D eigenvalue weighted by molar-refractivity contribution is -0.136. The quantitative estimate of drug-likeness (QED) is 0.761. The Hall–Kier alpha value is -2.07. The Kier molecular flexibility index (Phi) is 5.78. The van der Waals surface area contributed by atoms with Gasteiger partial charge in [-0.05, 0) is 43.8 Å². The summed E-state index contributed by atoms with van der Waals surface area (Å²) in [5.41, 5.74) is 0.991. The third-order valence-corrected chi connectivity index (χ3v) is 3.59. The number of hydrogen-bond acceptors (Lipinski definition) is 3. The average molecular weight is 301 g/mol. The molecule has 0 heterocycles. The van der Waals surface area contributed by atoms with Gasteiger partial charge in [0.15, 0.2) is 0 Å². The molecule has 4 nitrogen and oxygen atoms in total. The summed E-state index contributed by atoms with van der Waals surface area (Å²) in [7, 11) is 4.07. The molecule has 4 heteroatoms. The van der Waals surface area contributed by atoms with Crippen LogP contribution in [0.2, 0.25) is 0 Å². The van der Waals surface area contributed by atoms with Gasteiger partial charge in [-0.3, -0.25) is 4.79 Å². The molecule has 2 rings (SSSR count). The standard InChI is InChI=1S/C18H23NO3/c1-19(2)12-5-13-22-17-10-8-14-6-3-4-7-15(14)16(17)9-11-18(20)21/h3-4,6-8,10H,5,9,11-13H2,1-2H3,(H,20,21). The average Bonchev–Trinajstić information content (AvgIpc) is 2.49. The second-order valence-electron chi connectivity index (χ2n) is 5.66. The van der Waals surface area contributed by atoms with Crippen molar-refractivity contribution in [3.8, 4) is 5.75 Å². The number of nitrogens with zero attached hydrogens (tertiary/aromatic N) is 1. The number of carboxylic acids is 1. The van der Waals surface area contributed by atoms with Crippen molar-refractivity contribution in [1.29, 1.82) is 0 Å². The molecule has 0 atom stereocenters. The SMILES string of the molecule is CN(C)CCCOc1ccc2ccccc2c1CCC(=O)O. The van der Waals surface area contributed by atoms with Crippen LogP contribution in [-0.2, 0) is 11.2 Å². The van der Waals surface area contributed by atoms with Gasteiger partial charge in [0.25, 0.3) is 0 Å². The highest BCUT2D eigenvalue weighted by atomic mass is 16.5. The van der Waals surface area contributed by atoms with Crippen molar-refractivity contribution in [2.45, 2.75) is 19.3 Å². The van der Waals surface area contributed by atoms with E-state index in [4.69, 9.17) is 9.84 Å². The van der Waals surface area contributed by atoms with Crippen molar-refractivity contribution < 1.29 is 14.6 Å². The molecule has 0 aliphatic rings. The Balaban J connectivity index is 2.19. The van der Waals surface area contributed by atoms with Crippen LogP contribution in [0.3, 0.4) is 0 Å². The van der Waals surface area contributed by atoms with Crippen LogP contribution in [-0.4, -0.2) is 43.2 Å². The first-order valence-corrected chi connectivity index (χ1v) is 7.58. The van der Waals surface area contributed by atoms with Gasteiger partial charge in [-0.25, -0.2) is 0 Å². The molecule has 0 aliphatic heterocycles. The fraction of sp³-hybridized carbons (Fsp3) is 0.389. The molecule has 2 aromatic carbocycles. The van der Waals surface area contributed by atoms with Gasteiger partial charge in [0.05, 0.1) is 6.61 Å². The molecule has 0 unspecified atom stereocenters. The maximum atomic E-state index is 10.9. The Bertz CT molecular complexity index is 637. The minimum Gasteiger partial charge on any atom is -0.493 e. The highest BCUT2D eigenvalue weighted by Crippen LogP contribution is 2.29. The molecule has 22 heavy (non-hydrogen) atoms. The normalized spacial score (nSPS) is 11.0. The Morgan fingerprint density at radius 3 is 2.68 bits per heavy atom. The lowest BCUT2D eigenvalue weighted by atomic mass is 10.00. The number of aryl methyl sites for hydroxylation is 1. The van der Waals surface area contributed by atoms with E-state index < -0.39 is 5.97 Å². The summed E-state index contributed by atoms with van der Waals surface area (Å²) < 4.78 is 5.91. The van der Waals surface area contributed by atoms with E-state index in [9.17, 15) is 4.79 Å². The highest BCUT2D eigenvalue weighted by Gasteiger charge is 2.10. The zero-order valence-corrected chi connectivity index (χ0v) is 13.2. The Morgan fingerprint density at radius 2 is 1.95 bits per heavy atom. The smallest absolute Gasteiger partial charge is 0.303 e. The van der Waals surface area contributed by atoms with Crippen LogP contribution in [0.4, 0.5) is 0 Å². The number of fused-ring (bicyclic) bond motifs is 1. The second-order valence-corrected chi connectivity index (χ2v) is 5.66. The number of benzene rings is 2. The van der Waals surface area contributed by atoms with Crippen molar-refractivity contribution in [1.82, 2.24) is 4.90 Å². The molecule has 0 aromatic heterocycles. The maximum Gasteiger partial charge on any atom is 0.303 e. The van der Waals surface area contributed by atoms with Gasteiger partial charge in [-0.2, -0.15) is 0 Å². The van der Waals surface area contributed by atoms with Gasteiger partial charge < -0.3 is 14.7 Å².